The predicted octanol–water partition coefficient (Wildman–Crippen LogP) is 5.20. The highest BCUT2D eigenvalue weighted by molar-refractivity contribution is 6.15. The lowest BCUT2D eigenvalue weighted by molar-refractivity contribution is -0.120. The van der Waals surface area contributed by atoms with Crippen molar-refractivity contribution in [1.29, 1.82) is 0 Å². The fourth-order valence-electron chi connectivity index (χ4n) is 5.14. The monoisotopic (exact) mass is 489 g/mol. The SMILES string of the molecule is CCCN1C(=O)[C@@H](NC(=O)Nc2cccc(C)c2)N=C([C@@H]2CCC(C)(C)CCN2C)c2ccccc21. The summed E-state index contributed by atoms with van der Waals surface area (Å²) in [7, 11) is 2.14. The highest BCUT2D eigenvalue weighted by atomic mass is 16.2. The molecule has 2 N–H and O–H groups in total. The second-order valence-corrected chi connectivity index (χ2v) is 10.8. The second kappa shape index (κ2) is 10.8. The Hall–Kier alpha value is -3.19. The average Bonchev–Trinajstić information content (AvgIpc) is 3.04. The summed E-state index contributed by atoms with van der Waals surface area (Å²) in [5.74, 6) is -0.213. The average molecular weight is 490 g/mol. The topological polar surface area (TPSA) is 77.0 Å². The van der Waals surface area contributed by atoms with E-state index in [0.29, 0.717) is 12.2 Å². The largest absolute Gasteiger partial charge is 0.321 e. The third-order valence-electron chi connectivity index (χ3n) is 7.31. The molecule has 2 aromatic rings. The van der Waals surface area contributed by atoms with Crippen LogP contribution in [0.25, 0.3) is 0 Å². The van der Waals surface area contributed by atoms with E-state index >= 15 is 0 Å². The van der Waals surface area contributed by atoms with E-state index in [0.717, 1.165) is 54.8 Å². The van der Waals surface area contributed by atoms with Crippen molar-refractivity contribution in [3.05, 3.63) is 59.7 Å². The van der Waals surface area contributed by atoms with E-state index in [9.17, 15) is 9.59 Å². The first kappa shape index (κ1) is 25.9. The van der Waals surface area contributed by atoms with Gasteiger partial charge in [-0.1, -0.05) is 51.1 Å². The van der Waals surface area contributed by atoms with Crippen molar-refractivity contribution in [1.82, 2.24) is 10.2 Å². The molecule has 4 rings (SSSR count). The minimum atomic E-state index is -1.01. The van der Waals surface area contributed by atoms with Gasteiger partial charge in [0.15, 0.2) is 0 Å². The Kier molecular flexibility index (Phi) is 7.79. The summed E-state index contributed by atoms with van der Waals surface area (Å²) in [6.07, 6.45) is 2.92. The van der Waals surface area contributed by atoms with Crippen LogP contribution in [0.3, 0.4) is 0 Å². The number of hydrogen-bond acceptors (Lipinski definition) is 4. The Morgan fingerprint density at radius 1 is 1.14 bits per heavy atom. The molecule has 192 valence electrons. The lowest BCUT2D eigenvalue weighted by Crippen LogP contribution is -2.49. The fourth-order valence-corrected chi connectivity index (χ4v) is 5.14. The van der Waals surface area contributed by atoms with Gasteiger partial charge >= 0.3 is 6.03 Å². The molecule has 2 heterocycles. The van der Waals surface area contributed by atoms with Crippen LogP contribution in [0.5, 0.6) is 0 Å². The van der Waals surface area contributed by atoms with Crippen molar-refractivity contribution in [2.24, 2.45) is 10.4 Å². The van der Waals surface area contributed by atoms with Crippen LogP contribution in [0.1, 0.15) is 57.6 Å². The Morgan fingerprint density at radius 2 is 1.92 bits per heavy atom. The number of benzodiazepines with no additional fused rings is 1. The third-order valence-corrected chi connectivity index (χ3v) is 7.31. The summed E-state index contributed by atoms with van der Waals surface area (Å²) < 4.78 is 0. The molecule has 1 saturated heterocycles. The number of carbonyl (C=O) groups is 2. The number of benzene rings is 2. The van der Waals surface area contributed by atoms with Gasteiger partial charge in [0, 0.05) is 17.8 Å². The third kappa shape index (κ3) is 5.78. The first-order valence-electron chi connectivity index (χ1n) is 13.0. The summed E-state index contributed by atoms with van der Waals surface area (Å²) in [5.41, 5.74) is 4.68. The Bertz CT molecular complexity index is 1140. The number of aryl methyl sites for hydroxylation is 1. The number of hydrogen-bond donors (Lipinski definition) is 2. The van der Waals surface area contributed by atoms with E-state index in [1.54, 1.807) is 4.90 Å². The van der Waals surface area contributed by atoms with E-state index < -0.39 is 12.2 Å². The van der Waals surface area contributed by atoms with E-state index in [1.807, 2.05) is 49.4 Å². The number of nitrogens with one attached hydrogen (secondary N) is 2. The molecule has 3 amide bonds. The lowest BCUT2D eigenvalue weighted by atomic mass is 9.84. The summed E-state index contributed by atoms with van der Waals surface area (Å²) in [6, 6.07) is 15.2. The molecule has 0 spiro atoms. The van der Waals surface area contributed by atoms with E-state index in [1.165, 1.54) is 0 Å². The van der Waals surface area contributed by atoms with E-state index in [4.69, 9.17) is 4.99 Å². The van der Waals surface area contributed by atoms with Crippen molar-refractivity contribution in [2.45, 2.75) is 65.6 Å². The van der Waals surface area contributed by atoms with Crippen molar-refractivity contribution in [3.8, 4) is 0 Å². The van der Waals surface area contributed by atoms with Crippen LogP contribution >= 0.6 is 0 Å². The molecule has 2 aliphatic rings. The maximum Gasteiger partial charge on any atom is 0.321 e. The molecule has 7 heteroatoms. The molecule has 7 nitrogen and oxygen atoms in total. The van der Waals surface area contributed by atoms with Gasteiger partial charge in [-0.25, -0.2) is 4.79 Å². The van der Waals surface area contributed by atoms with Gasteiger partial charge in [-0.2, -0.15) is 0 Å². The molecule has 36 heavy (non-hydrogen) atoms. The first-order chi connectivity index (χ1) is 17.2. The Balaban J connectivity index is 1.72. The number of anilines is 2. The molecule has 0 aromatic heterocycles. The van der Waals surface area contributed by atoms with Gasteiger partial charge in [0.1, 0.15) is 0 Å². The molecular formula is C29H39N5O2. The predicted molar refractivity (Wildman–Crippen MR) is 147 cm³/mol. The highest BCUT2D eigenvalue weighted by Gasteiger charge is 2.37. The maximum absolute atomic E-state index is 13.8. The highest BCUT2D eigenvalue weighted by Crippen LogP contribution is 2.35. The number of likely N-dealkylation sites (tertiary alicyclic amines) is 1. The molecule has 0 radical (unpaired) electrons. The number of para-hydroxylation sites is 1. The second-order valence-electron chi connectivity index (χ2n) is 10.8. The molecule has 2 atom stereocenters. The normalized spacial score (nSPS) is 22.2. The van der Waals surface area contributed by atoms with Crippen molar-refractivity contribution < 1.29 is 9.59 Å². The zero-order valence-electron chi connectivity index (χ0n) is 22.2. The molecule has 1 fully saturated rings. The van der Waals surface area contributed by atoms with Crippen LogP contribution in [0.4, 0.5) is 16.2 Å². The number of rotatable bonds is 5. The van der Waals surface area contributed by atoms with Gasteiger partial charge in [-0.05, 0) is 75.4 Å². The number of fused-ring (bicyclic) bond motifs is 1. The van der Waals surface area contributed by atoms with Gasteiger partial charge in [0.05, 0.1) is 17.4 Å². The van der Waals surface area contributed by atoms with Crippen LogP contribution in [0.15, 0.2) is 53.5 Å². The minimum Gasteiger partial charge on any atom is -0.308 e. The molecule has 0 saturated carbocycles. The van der Waals surface area contributed by atoms with Gasteiger partial charge < -0.3 is 15.5 Å². The number of likely N-dealkylation sites (N-methyl/N-ethyl adjacent to an activating group) is 1. The molecule has 0 aliphatic carbocycles. The smallest absolute Gasteiger partial charge is 0.308 e. The maximum atomic E-state index is 13.8. The summed E-state index contributed by atoms with van der Waals surface area (Å²) in [4.78, 5) is 35.9. The minimum absolute atomic E-state index is 0.0615. The lowest BCUT2D eigenvalue weighted by Gasteiger charge is -2.28. The van der Waals surface area contributed by atoms with E-state index in [2.05, 4.69) is 49.4 Å². The number of urea groups is 1. The van der Waals surface area contributed by atoms with Crippen molar-refractivity contribution >= 4 is 29.0 Å². The number of nitrogens with zero attached hydrogens (tertiary/aromatic N) is 3. The molecule has 2 aromatic carbocycles. The van der Waals surface area contributed by atoms with Crippen LogP contribution in [-0.4, -0.2) is 54.9 Å². The Labute approximate surface area is 215 Å². The van der Waals surface area contributed by atoms with Crippen LogP contribution in [-0.2, 0) is 4.79 Å². The quantitative estimate of drug-likeness (QED) is 0.606. The summed E-state index contributed by atoms with van der Waals surface area (Å²) in [6.45, 7) is 10.2. The van der Waals surface area contributed by atoms with Gasteiger partial charge in [-0.3, -0.25) is 14.7 Å². The van der Waals surface area contributed by atoms with Crippen LogP contribution in [0.2, 0.25) is 0 Å². The molecule has 2 aliphatic heterocycles. The number of amides is 3. The molecule has 0 bridgehead atoms. The van der Waals surface area contributed by atoms with Crippen LogP contribution < -0.4 is 15.5 Å². The number of carbonyl (C=O) groups excluding carboxylic acids is 2. The Morgan fingerprint density at radius 3 is 2.67 bits per heavy atom. The van der Waals surface area contributed by atoms with E-state index in [-0.39, 0.29) is 17.4 Å². The van der Waals surface area contributed by atoms with Gasteiger partial charge in [0.2, 0.25) is 6.17 Å². The van der Waals surface area contributed by atoms with Crippen LogP contribution in [0, 0.1) is 12.3 Å². The number of aliphatic imine (C=N–C) groups is 1. The first-order valence-corrected chi connectivity index (χ1v) is 13.0. The zero-order valence-corrected chi connectivity index (χ0v) is 22.2. The summed E-state index contributed by atoms with van der Waals surface area (Å²) in [5, 5.41) is 5.73. The van der Waals surface area contributed by atoms with Gasteiger partial charge in [0.25, 0.3) is 5.91 Å². The van der Waals surface area contributed by atoms with Crippen molar-refractivity contribution in [3.63, 3.8) is 0 Å². The van der Waals surface area contributed by atoms with Gasteiger partial charge in [-0.15, -0.1) is 0 Å². The molecular weight excluding hydrogens is 450 g/mol. The molecule has 0 unspecified atom stereocenters. The van der Waals surface area contributed by atoms with Crippen molar-refractivity contribution in [2.75, 3.05) is 30.4 Å². The standard InChI is InChI=1S/C29H39N5O2/c1-6-17-34-23-13-8-7-12-22(23)25(24-14-15-29(3,4)16-18-33(24)5)31-26(27(34)35)32-28(36)30-21-11-9-10-20(2)19-21/h7-13,19,24,26H,6,14-18H2,1-5H3,(H2,30,32,36)/t24-,26+/m0/s1. The summed E-state index contributed by atoms with van der Waals surface area (Å²) >= 11 is 0. The zero-order chi connectivity index (χ0) is 25.9. The fraction of sp³-hybridized carbons (Fsp3) is 0.483.